The van der Waals surface area contributed by atoms with E-state index in [1.54, 1.807) is 6.07 Å². The third-order valence-corrected chi connectivity index (χ3v) is 6.58. The van der Waals surface area contributed by atoms with Crippen LogP contribution < -0.4 is 10.6 Å². The monoisotopic (exact) mass is 471 g/mol. The minimum atomic E-state index is -4.48. The van der Waals surface area contributed by atoms with Crippen molar-refractivity contribution in [2.45, 2.75) is 24.1 Å². The van der Waals surface area contributed by atoms with Crippen LogP contribution in [0, 0.1) is 17.5 Å². The minimum absolute atomic E-state index is 0.0572. The summed E-state index contributed by atoms with van der Waals surface area (Å²) in [7, 11) is -4.48. The van der Waals surface area contributed by atoms with Gasteiger partial charge in [0.15, 0.2) is 0 Å². The Morgan fingerprint density at radius 2 is 1.75 bits per heavy atom. The SMILES string of the molecule is O=C(NCc1ccccc1F)C(=O)NC[C@@H]1OCCCN1S(=O)(=O)c1cc(F)ccc1F. The van der Waals surface area contributed by atoms with Gasteiger partial charge in [-0.15, -0.1) is 0 Å². The van der Waals surface area contributed by atoms with E-state index in [0.29, 0.717) is 18.6 Å². The number of hydrogen-bond acceptors (Lipinski definition) is 5. The molecule has 0 aliphatic carbocycles. The average Bonchev–Trinajstić information content (AvgIpc) is 2.78. The van der Waals surface area contributed by atoms with E-state index in [0.717, 1.165) is 10.4 Å². The summed E-state index contributed by atoms with van der Waals surface area (Å²) < 4.78 is 73.0. The third-order valence-electron chi connectivity index (χ3n) is 4.67. The molecule has 0 spiro atoms. The highest BCUT2D eigenvalue weighted by atomic mass is 32.2. The molecule has 1 heterocycles. The first kappa shape index (κ1) is 23.7. The van der Waals surface area contributed by atoms with E-state index in [1.165, 1.54) is 18.2 Å². The Morgan fingerprint density at radius 3 is 2.50 bits per heavy atom. The van der Waals surface area contributed by atoms with Crippen LogP contribution in [0.1, 0.15) is 12.0 Å². The normalized spacial score (nSPS) is 17.0. The topological polar surface area (TPSA) is 105 Å². The van der Waals surface area contributed by atoms with Gasteiger partial charge in [-0.25, -0.2) is 21.6 Å². The van der Waals surface area contributed by atoms with Crippen molar-refractivity contribution in [1.29, 1.82) is 0 Å². The number of benzene rings is 2. The second kappa shape index (κ2) is 10.1. The van der Waals surface area contributed by atoms with E-state index in [2.05, 4.69) is 10.6 Å². The summed E-state index contributed by atoms with van der Waals surface area (Å²) in [5.41, 5.74) is 0.179. The predicted molar refractivity (Wildman–Crippen MR) is 106 cm³/mol. The van der Waals surface area contributed by atoms with Crippen LogP contribution in [0.3, 0.4) is 0 Å². The van der Waals surface area contributed by atoms with Crippen molar-refractivity contribution in [2.75, 3.05) is 19.7 Å². The average molecular weight is 471 g/mol. The van der Waals surface area contributed by atoms with Crippen LogP contribution in [-0.2, 0) is 30.9 Å². The smallest absolute Gasteiger partial charge is 0.309 e. The number of rotatable bonds is 6. The van der Waals surface area contributed by atoms with Crippen LogP contribution in [0.2, 0.25) is 0 Å². The molecule has 1 aliphatic heterocycles. The van der Waals surface area contributed by atoms with E-state index < -0.39 is 57.0 Å². The van der Waals surface area contributed by atoms with Crippen molar-refractivity contribution in [1.82, 2.24) is 14.9 Å². The molecule has 2 N–H and O–H groups in total. The quantitative estimate of drug-likeness (QED) is 0.618. The number of carbonyl (C=O) groups excluding carboxylic acids is 2. The van der Waals surface area contributed by atoms with Gasteiger partial charge in [0, 0.05) is 18.7 Å². The summed E-state index contributed by atoms with van der Waals surface area (Å²) in [6.07, 6.45) is -0.941. The molecular formula is C20H20F3N3O5S. The van der Waals surface area contributed by atoms with Crippen molar-refractivity contribution in [3.05, 3.63) is 65.5 Å². The first-order chi connectivity index (χ1) is 15.2. The lowest BCUT2D eigenvalue weighted by molar-refractivity contribution is -0.140. The number of amides is 2. The molecule has 3 rings (SSSR count). The molecule has 12 heteroatoms. The highest BCUT2D eigenvalue weighted by Crippen LogP contribution is 2.24. The van der Waals surface area contributed by atoms with Gasteiger partial charge in [0.05, 0.1) is 13.2 Å². The molecule has 1 saturated heterocycles. The molecule has 0 bridgehead atoms. The predicted octanol–water partition coefficient (Wildman–Crippen LogP) is 1.27. The highest BCUT2D eigenvalue weighted by Gasteiger charge is 2.36. The minimum Gasteiger partial charge on any atom is -0.360 e. The second-order valence-electron chi connectivity index (χ2n) is 6.85. The number of halogens is 3. The number of nitrogens with zero attached hydrogens (tertiary/aromatic N) is 1. The Kier molecular flexibility index (Phi) is 7.48. The fraction of sp³-hybridized carbons (Fsp3) is 0.300. The molecule has 1 fully saturated rings. The van der Waals surface area contributed by atoms with Crippen molar-refractivity contribution in [3.8, 4) is 0 Å². The maximum Gasteiger partial charge on any atom is 0.309 e. The summed E-state index contributed by atoms with van der Waals surface area (Å²) in [4.78, 5) is 23.2. The number of carbonyl (C=O) groups is 2. The van der Waals surface area contributed by atoms with Gasteiger partial charge in [-0.3, -0.25) is 9.59 Å². The van der Waals surface area contributed by atoms with Gasteiger partial charge in [0.2, 0.25) is 10.0 Å². The number of ether oxygens (including phenoxy) is 1. The molecule has 2 aromatic rings. The summed E-state index contributed by atoms with van der Waals surface area (Å²) >= 11 is 0. The maximum absolute atomic E-state index is 14.1. The van der Waals surface area contributed by atoms with Crippen LogP contribution in [0.4, 0.5) is 13.2 Å². The van der Waals surface area contributed by atoms with Crippen LogP contribution >= 0.6 is 0 Å². The zero-order valence-electron chi connectivity index (χ0n) is 16.7. The van der Waals surface area contributed by atoms with E-state index in [-0.39, 0.29) is 25.3 Å². The summed E-state index contributed by atoms with van der Waals surface area (Å²) in [6, 6.07) is 7.75. The van der Waals surface area contributed by atoms with Gasteiger partial charge in [-0.1, -0.05) is 18.2 Å². The van der Waals surface area contributed by atoms with E-state index in [9.17, 15) is 31.2 Å². The van der Waals surface area contributed by atoms with E-state index in [1.807, 2.05) is 0 Å². The van der Waals surface area contributed by atoms with Crippen molar-refractivity contribution < 1.29 is 35.9 Å². The first-order valence-electron chi connectivity index (χ1n) is 9.58. The molecule has 1 aliphatic rings. The molecule has 0 radical (unpaired) electrons. The molecular weight excluding hydrogens is 451 g/mol. The maximum atomic E-state index is 14.1. The molecule has 0 unspecified atom stereocenters. The van der Waals surface area contributed by atoms with Crippen molar-refractivity contribution >= 4 is 21.8 Å². The summed E-state index contributed by atoms with van der Waals surface area (Å²) in [5, 5.41) is 4.49. The van der Waals surface area contributed by atoms with Crippen LogP contribution in [-0.4, -0.2) is 50.5 Å². The van der Waals surface area contributed by atoms with Gasteiger partial charge in [0.1, 0.15) is 28.6 Å². The molecule has 0 aromatic heterocycles. The molecule has 8 nitrogen and oxygen atoms in total. The Labute approximate surface area is 182 Å². The third kappa shape index (κ3) is 5.44. The molecule has 172 valence electrons. The van der Waals surface area contributed by atoms with E-state index in [4.69, 9.17) is 4.74 Å². The van der Waals surface area contributed by atoms with Gasteiger partial charge in [-0.05, 0) is 30.7 Å². The van der Waals surface area contributed by atoms with Crippen molar-refractivity contribution in [2.24, 2.45) is 0 Å². The molecule has 0 saturated carbocycles. The van der Waals surface area contributed by atoms with Gasteiger partial charge >= 0.3 is 11.8 Å². The van der Waals surface area contributed by atoms with Crippen LogP contribution in [0.15, 0.2) is 47.4 Å². The number of sulfonamides is 1. The van der Waals surface area contributed by atoms with Gasteiger partial charge < -0.3 is 15.4 Å². The lowest BCUT2D eigenvalue weighted by Gasteiger charge is -2.34. The largest absolute Gasteiger partial charge is 0.360 e. The van der Waals surface area contributed by atoms with E-state index >= 15 is 0 Å². The lowest BCUT2D eigenvalue weighted by Crippen LogP contribution is -2.53. The summed E-state index contributed by atoms with van der Waals surface area (Å²) in [5.74, 6) is -4.76. The number of hydrogen-bond donors (Lipinski definition) is 2. The Morgan fingerprint density at radius 1 is 1.03 bits per heavy atom. The Balaban J connectivity index is 1.64. The molecule has 32 heavy (non-hydrogen) atoms. The van der Waals surface area contributed by atoms with Crippen LogP contribution in [0.5, 0.6) is 0 Å². The standard InChI is InChI=1S/C20H20F3N3O5S/c21-14-6-7-16(23)17(10-14)32(29,30)26-8-3-9-31-18(26)12-25-20(28)19(27)24-11-13-4-1-2-5-15(13)22/h1-2,4-7,10,18H,3,8-9,11-12H2,(H,24,27)(H,25,28)/t18-/m0/s1. The number of nitrogens with one attached hydrogen (secondary N) is 2. The molecule has 2 amide bonds. The Bertz CT molecular complexity index is 1110. The summed E-state index contributed by atoms with van der Waals surface area (Å²) in [6.45, 7) is -0.531. The molecule has 2 aromatic carbocycles. The van der Waals surface area contributed by atoms with Gasteiger partial charge in [0.25, 0.3) is 0 Å². The van der Waals surface area contributed by atoms with Gasteiger partial charge in [-0.2, -0.15) is 4.31 Å². The lowest BCUT2D eigenvalue weighted by atomic mass is 10.2. The zero-order chi connectivity index (χ0) is 23.3. The zero-order valence-corrected chi connectivity index (χ0v) is 17.5. The second-order valence-corrected chi connectivity index (χ2v) is 8.71. The van der Waals surface area contributed by atoms with Crippen molar-refractivity contribution in [3.63, 3.8) is 0 Å². The first-order valence-corrected chi connectivity index (χ1v) is 11.0. The Hall–Kier alpha value is -2.96. The fourth-order valence-electron chi connectivity index (χ4n) is 3.06. The highest BCUT2D eigenvalue weighted by molar-refractivity contribution is 7.89. The fourth-order valence-corrected chi connectivity index (χ4v) is 4.70. The van der Waals surface area contributed by atoms with Crippen LogP contribution in [0.25, 0.3) is 0 Å². The molecule has 1 atom stereocenters.